The molecule has 0 aliphatic carbocycles. The van der Waals surface area contributed by atoms with Gasteiger partial charge in [-0.05, 0) is 22.4 Å². The van der Waals surface area contributed by atoms with Crippen LogP contribution >= 0.6 is 11.8 Å². The molecule has 0 N–H and O–H groups in total. The third-order valence-electron chi connectivity index (χ3n) is 2.77. The largest absolute Gasteiger partial charge is 0.293 e. The Morgan fingerprint density at radius 1 is 1.11 bits per heavy atom. The van der Waals surface area contributed by atoms with E-state index in [1.165, 1.54) is 0 Å². The summed E-state index contributed by atoms with van der Waals surface area (Å²) in [5.74, 6) is 2.48. The van der Waals surface area contributed by atoms with Crippen LogP contribution < -0.4 is 0 Å². The topological polar surface area (TPSA) is 17.1 Å². The second kappa shape index (κ2) is 6.05. The number of Topliss-reactive ketones (excluding diaryl/α,β-unsaturated/α-hetero) is 1. The Balaban J connectivity index is 2.17. The molecule has 2 rings (SSSR count). The van der Waals surface area contributed by atoms with Crippen LogP contribution in [0, 0.1) is 5.92 Å². The quantitative estimate of drug-likeness (QED) is 0.739. The first-order valence-electron chi connectivity index (χ1n) is 6.27. The highest BCUT2D eigenvalue weighted by Crippen LogP contribution is 2.20. The maximum Gasteiger partial charge on any atom is 0.173 e. The average Bonchev–Trinajstić information content (AvgIpc) is 2.37. The first-order valence-corrected chi connectivity index (χ1v) is 7.42. The molecule has 0 aliphatic rings. The van der Waals surface area contributed by atoms with Gasteiger partial charge in [0.2, 0.25) is 0 Å². The number of rotatable bonds is 5. The average molecular weight is 258 g/mol. The van der Waals surface area contributed by atoms with E-state index < -0.39 is 0 Å². The predicted molar refractivity (Wildman–Crippen MR) is 80.4 cm³/mol. The van der Waals surface area contributed by atoms with Crippen LogP contribution in [-0.4, -0.2) is 17.3 Å². The minimum atomic E-state index is 0.234. The van der Waals surface area contributed by atoms with Crippen LogP contribution in [0.2, 0.25) is 0 Å². The second-order valence-electron chi connectivity index (χ2n) is 4.86. The van der Waals surface area contributed by atoms with Gasteiger partial charge in [-0.1, -0.05) is 56.3 Å². The van der Waals surface area contributed by atoms with Gasteiger partial charge >= 0.3 is 0 Å². The fourth-order valence-electron chi connectivity index (χ4n) is 1.93. The Morgan fingerprint density at radius 2 is 1.83 bits per heavy atom. The summed E-state index contributed by atoms with van der Waals surface area (Å²) in [4.78, 5) is 12.2. The van der Waals surface area contributed by atoms with E-state index in [0.717, 1.165) is 22.1 Å². The SMILES string of the molecule is CC(C)CSCC(=O)c1cccc2ccccc12. The van der Waals surface area contributed by atoms with Crippen LogP contribution in [0.25, 0.3) is 10.8 Å². The van der Waals surface area contributed by atoms with Crippen LogP contribution in [0.5, 0.6) is 0 Å². The molecule has 0 atom stereocenters. The molecule has 0 amide bonds. The van der Waals surface area contributed by atoms with E-state index in [2.05, 4.69) is 13.8 Å². The van der Waals surface area contributed by atoms with Crippen molar-refractivity contribution in [2.75, 3.05) is 11.5 Å². The smallest absolute Gasteiger partial charge is 0.173 e. The van der Waals surface area contributed by atoms with Gasteiger partial charge < -0.3 is 0 Å². The van der Waals surface area contributed by atoms with Crippen molar-refractivity contribution in [2.24, 2.45) is 5.92 Å². The Hall–Kier alpha value is -1.28. The zero-order chi connectivity index (χ0) is 13.0. The van der Waals surface area contributed by atoms with Crippen LogP contribution in [0.4, 0.5) is 0 Å². The van der Waals surface area contributed by atoms with Gasteiger partial charge in [-0.25, -0.2) is 0 Å². The standard InChI is InChI=1S/C16H18OS/c1-12(2)10-18-11-16(17)15-9-5-7-13-6-3-4-8-14(13)15/h3-9,12H,10-11H2,1-2H3. The maximum atomic E-state index is 12.2. The Kier molecular flexibility index (Phi) is 4.43. The lowest BCUT2D eigenvalue weighted by molar-refractivity contribution is 0.102. The lowest BCUT2D eigenvalue weighted by atomic mass is 10.0. The molecule has 0 aliphatic heterocycles. The third-order valence-corrected chi connectivity index (χ3v) is 4.14. The lowest BCUT2D eigenvalue weighted by Gasteiger charge is -2.07. The molecule has 0 unspecified atom stereocenters. The number of hydrogen-bond donors (Lipinski definition) is 0. The van der Waals surface area contributed by atoms with Gasteiger partial charge in [-0.2, -0.15) is 11.8 Å². The summed E-state index contributed by atoms with van der Waals surface area (Å²) >= 11 is 1.72. The molecule has 0 saturated heterocycles. The summed E-state index contributed by atoms with van der Waals surface area (Å²) in [6.45, 7) is 4.35. The first kappa shape index (κ1) is 13.2. The van der Waals surface area contributed by atoms with Crippen LogP contribution in [0.1, 0.15) is 24.2 Å². The van der Waals surface area contributed by atoms with Crippen LogP contribution in [-0.2, 0) is 0 Å². The van der Waals surface area contributed by atoms with Crippen molar-refractivity contribution in [2.45, 2.75) is 13.8 Å². The Labute approximate surface area is 113 Å². The summed E-state index contributed by atoms with van der Waals surface area (Å²) in [6, 6.07) is 14.0. The summed E-state index contributed by atoms with van der Waals surface area (Å²) in [5, 5.41) is 2.20. The van der Waals surface area contributed by atoms with Gasteiger partial charge in [-0.15, -0.1) is 0 Å². The molecule has 94 valence electrons. The molecule has 0 saturated carbocycles. The van der Waals surface area contributed by atoms with Gasteiger partial charge in [0.05, 0.1) is 5.75 Å². The molecule has 0 heterocycles. The number of carbonyl (C=O) groups excluding carboxylic acids is 1. The summed E-state index contributed by atoms with van der Waals surface area (Å²) < 4.78 is 0. The van der Waals surface area contributed by atoms with Crippen molar-refractivity contribution in [1.82, 2.24) is 0 Å². The number of carbonyl (C=O) groups is 1. The molecule has 0 radical (unpaired) electrons. The molecular formula is C16H18OS. The number of fused-ring (bicyclic) bond motifs is 1. The molecular weight excluding hydrogens is 240 g/mol. The van der Waals surface area contributed by atoms with Crippen molar-refractivity contribution in [3.63, 3.8) is 0 Å². The highest BCUT2D eigenvalue weighted by Gasteiger charge is 2.09. The summed E-state index contributed by atoms with van der Waals surface area (Å²) in [7, 11) is 0. The van der Waals surface area contributed by atoms with Crippen molar-refractivity contribution >= 4 is 28.3 Å². The van der Waals surface area contributed by atoms with Gasteiger partial charge in [-0.3, -0.25) is 4.79 Å². The summed E-state index contributed by atoms with van der Waals surface area (Å²) in [6.07, 6.45) is 0. The molecule has 1 nitrogen and oxygen atoms in total. The second-order valence-corrected chi connectivity index (χ2v) is 5.89. The van der Waals surface area contributed by atoms with E-state index in [-0.39, 0.29) is 5.78 Å². The molecule has 0 bridgehead atoms. The molecule has 0 fully saturated rings. The summed E-state index contributed by atoms with van der Waals surface area (Å²) in [5.41, 5.74) is 0.851. The third kappa shape index (κ3) is 3.14. The van der Waals surface area contributed by atoms with Gasteiger partial charge in [0.1, 0.15) is 0 Å². The van der Waals surface area contributed by atoms with E-state index in [0.29, 0.717) is 11.7 Å². The lowest BCUT2D eigenvalue weighted by Crippen LogP contribution is -2.05. The van der Waals surface area contributed by atoms with Crippen LogP contribution in [0.15, 0.2) is 42.5 Å². The van der Waals surface area contributed by atoms with Gasteiger partial charge in [0, 0.05) is 5.56 Å². The number of ketones is 1. The monoisotopic (exact) mass is 258 g/mol. The minimum Gasteiger partial charge on any atom is -0.293 e. The number of thioether (sulfide) groups is 1. The predicted octanol–water partition coefficient (Wildman–Crippen LogP) is 4.41. The zero-order valence-corrected chi connectivity index (χ0v) is 11.7. The zero-order valence-electron chi connectivity index (χ0n) is 10.8. The molecule has 0 spiro atoms. The number of benzene rings is 2. The molecule has 0 aromatic heterocycles. The van der Waals surface area contributed by atoms with E-state index >= 15 is 0 Å². The highest BCUT2D eigenvalue weighted by molar-refractivity contribution is 7.99. The molecule has 18 heavy (non-hydrogen) atoms. The Bertz CT molecular complexity index is 540. The minimum absolute atomic E-state index is 0.234. The van der Waals surface area contributed by atoms with E-state index in [9.17, 15) is 4.79 Å². The van der Waals surface area contributed by atoms with Gasteiger partial charge in [0.15, 0.2) is 5.78 Å². The molecule has 2 aromatic carbocycles. The van der Waals surface area contributed by atoms with Crippen molar-refractivity contribution in [3.05, 3.63) is 48.0 Å². The van der Waals surface area contributed by atoms with Crippen molar-refractivity contribution in [1.29, 1.82) is 0 Å². The number of hydrogen-bond acceptors (Lipinski definition) is 2. The van der Waals surface area contributed by atoms with Crippen LogP contribution in [0.3, 0.4) is 0 Å². The van der Waals surface area contributed by atoms with E-state index in [1.54, 1.807) is 11.8 Å². The van der Waals surface area contributed by atoms with Gasteiger partial charge in [0.25, 0.3) is 0 Å². The van der Waals surface area contributed by atoms with E-state index in [4.69, 9.17) is 0 Å². The fourth-order valence-corrected chi connectivity index (χ4v) is 2.86. The highest BCUT2D eigenvalue weighted by atomic mass is 32.2. The fraction of sp³-hybridized carbons (Fsp3) is 0.312. The first-order chi connectivity index (χ1) is 8.68. The maximum absolute atomic E-state index is 12.2. The van der Waals surface area contributed by atoms with E-state index in [1.807, 2.05) is 42.5 Å². The van der Waals surface area contributed by atoms with Crippen molar-refractivity contribution < 1.29 is 4.79 Å². The molecule has 2 aromatic rings. The normalized spacial score (nSPS) is 11.1. The van der Waals surface area contributed by atoms with Crippen molar-refractivity contribution in [3.8, 4) is 0 Å². The Morgan fingerprint density at radius 3 is 2.61 bits per heavy atom. The molecule has 2 heteroatoms.